The molecular formula is C16H14ClNOS. The number of nitrogens with zero attached hydrogens (tertiary/aromatic N) is 1. The van der Waals surface area contributed by atoms with Gasteiger partial charge in [-0.2, -0.15) is 0 Å². The Kier molecular flexibility index (Phi) is 3.72. The Bertz CT molecular complexity index is 631. The van der Waals surface area contributed by atoms with Crippen molar-refractivity contribution < 1.29 is 4.79 Å². The van der Waals surface area contributed by atoms with Crippen LogP contribution in [-0.2, 0) is 4.79 Å². The minimum absolute atomic E-state index is 0.0574. The lowest BCUT2D eigenvalue weighted by Gasteiger charge is -2.20. The first-order chi connectivity index (χ1) is 9.68. The van der Waals surface area contributed by atoms with Crippen LogP contribution in [0.25, 0.3) is 0 Å². The summed E-state index contributed by atoms with van der Waals surface area (Å²) in [5.74, 6) is -0.0574. The maximum Gasteiger partial charge on any atom is 0.246 e. The fraction of sp³-hybridized carbons (Fsp3) is 0.188. The van der Waals surface area contributed by atoms with Gasteiger partial charge in [-0.15, -0.1) is 23.4 Å². The van der Waals surface area contributed by atoms with E-state index in [9.17, 15) is 4.79 Å². The van der Waals surface area contributed by atoms with E-state index in [4.69, 9.17) is 11.6 Å². The van der Waals surface area contributed by atoms with E-state index in [1.54, 1.807) is 23.7 Å². The maximum absolute atomic E-state index is 12.5. The maximum atomic E-state index is 12.5. The van der Waals surface area contributed by atoms with Crippen LogP contribution in [0.5, 0.6) is 0 Å². The van der Waals surface area contributed by atoms with Gasteiger partial charge >= 0.3 is 0 Å². The van der Waals surface area contributed by atoms with Gasteiger partial charge < -0.3 is 4.90 Å². The van der Waals surface area contributed by atoms with Crippen molar-refractivity contribution in [2.45, 2.75) is 15.5 Å². The summed E-state index contributed by atoms with van der Waals surface area (Å²) in [6.07, 6.45) is 0. The standard InChI is InChI=1S/C16H14ClNOS/c1-18-12-9-5-6-10-13(12)20-15(14(17)16(18)19)11-7-3-2-4-8-11/h2-10,14-15H,1H3. The van der Waals surface area contributed by atoms with Crippen molar-refractivity contribution in [1.29, 1.82) is 0 Å². The molecule has 1 amide bonds. The molecule has 0 N–H and O–H groups in total. The number of hydrogen-bond donors (Lipinski definition) is 0. The van der Waals surface area contributed by atoms with Crippen LogP contribution in [0.2, 0.25) is 0 Å². The topological polar surface area (TPSA) is 20.3 Å². The van der Waals surface area contributed by atoms with Crippen molar-refractivity contribution in [3.8, 4) is 0 Å². The van der Waals surface area contributed by atoms with E-state index in [0.29, 0.717) is 0 Å². The Hall–Kier alpha value is -1.45. The Balaban J connectivity index is 2.08. The van der Waals surface area contributed by atoms with Crippen molar-refractivity contribution in [2.24, 2.45) is 0 Å². The molecule has 4 heteroatoms. The molecule has 3 rings (SSSR count). The summed E-state index contributed by atoms with van der Waals surface area (Å²) in [5.41, 5.74) is 2.00. The normalized spacial score (nSPS) is 22.3. The van der Waals surface area contributed by atoms with Crippen molar-refractivity contribution in [1.82, 2.24) is 0 Å². The molecule has 1 heterocycles. The predicted molar refractivity (Wildman–Crippen MR) is 84.5 cm³/mol. The minimum Gasteiger partial charge on any atom is -0.313 e. The van der Waals surface area contributed by atoms with E-state index < -0.39 is 5.38 Å². The van der Waals surface area contributed by atoms with Gasteiger partial charge in [0.25, 0.3) is 0 Å². The molecule has 0 saturated carbocycles. The molecule has 102 valence electrons. The number of alkyl halides is 1. The van der Waals surface area contributed by atoms with Crippen LogP contribution in [0, 0.1) is 0 Å². The number of para-hydroxylation sites is 1. The number of halogens is 1. The summed E-state index contributed by atoms with van der Waals surface area (Å²) in [7, 11) is 1.78. The number of anilines is 1. The van der Waals surface area contributed by atoms with Gasteiger partial charge in [-0.1, -0.05) is 42.5 Å². The molecule has 2 aromatic carbocycles. The lowest BCUT2D eigenvalue weighted by molar-refractivity contribution is -0.118. The van der Waals surface area contributed by atoms with Crippen LogP contribution < -0.4 is 4.90 Å². The van der Waals surface area contributed by atoms with Gasteiger partial charge in [0, 0.05) is 11.9 Å². The quantitative estimate of drug-likeness (QED) is 0.739. The first-order valence-corrected chi connectivity index (χ1v) is 7.72. The summed E-state index contributed by atoms with van der Waals surface area (Å²) in [6, 6.07) is 17.9. The first-order valence-electron chi connectivity index (χ1n) is 6.41. The number of hydrogen-bond acceptors (Lipinski definition) is 2. The van der Waals surface area contributed by atoms with E-state index in [2.05, 4.69) is 0 Å². The average molecular weight is 304 g/mol. The molecule has 2 unspecified atom stereocenters. The van der Waals surface area contributed by atoms with Crippen LogP contribution in [0.15, 0.2) is 59.5 Å². The van der Waals surface area contributed by atoms with Crippen molar-refractivity contribution in [3.05, 3.63) is 60.2 Å². The predicted octanol–water partition coefficient (Wildman–Crippen LogP) is 4.10. The minimum atomic E-state index is -0.570. The van der Waals surface area contributed by atoms with Gasteiger partial charge in [-0.3, -0.25) is 4.79 Å². The van der Waals surface area contributed by atoms with E-state index in [0.717, 1.165) is 16.1 Å². The summed E-state index contributed by atoms with van der Waals surface area (Å²) >= 11 is 8.10. The van der Waals surface area contributed by atoms with Gasteiger partial charge in [0.1, 0.15) is 5.38 Å². The van der Waals surface area contributed by atoms with E-state index >= 15 is 0 Å². The van der Waals surface area contributed by atoms with Crippen LogP contribution in [0.1, 0.15) is 10.8 Å². The molecule has 0 aliphatic carbocycles. The zero-order chi connectivity index (χ0) is 14.1. The highest BCUT2D eigenvalue weighted by Gasteiger charge is 2.35. The number of thioether (sulfide) groups is 1. The number of fused-ring (bicyclic) bond motifs is 1. The first kappa shape index (κ1) is 13.5. The Labute approximate surface area is 127 Å². The van der Waals surface area contributed by atoms with Crippen LogP contribution in [0.4, 0.5) is 5.69 Å². The Morgan fingerprint density at radius 1 is 1.05 bits per heavy atom. The number of benzene rings is 2. The monoisotopic (exact) mass is 303 g/mol. The second-order valence-corrected chi connectivity index (χ2v) is 6.37. The molecule has 2 aromatic rings. The van der Waals surface area contributed by atoms with Crippen LogP contribution in [0.3, 0.4) is 0 Å². The summed E-state index contributed by atoms with van der Waals surface area (Å²) in [5, 5.41) is -0.642. The third-order valence-electron chi connectivity index (χ3n) is 3.44. The average Bonchev–Trinajstić information content (AvgIpc) is 2.60. The largest absolute Gasteiger partial charge is 0.313 e. The highest BCUT2D eigenvalue weighted by Crippen LogP contribution is 2.46. The Morgan fingerprint density at radius 2 is 1.70 bits per heavy atom. The van der Waals surface area contributed by atoms with Crippen molar-refractivity contribution in [2.75, 3.05) is 11.9 Å². The molecule has 0 bridgehead atoms. The second-order valence-electron chi connectivity index (χ2n) is 4.72. The number of carbonyl (C=O) groups is 1. The molecule has 0 saturated heterocycles. The molecule has 0 aromatic heterocycles. The van der Waals surface area contributed by atoms with Gasteiger partial charge in [0.15, 0.2) is 0 Å². The lowest BCUT2D eigenvalue weighted by atomic mass is 10.1. The fourth-order valence-electron chi connectivity index (χ4n) is 2.34. The number of carbonyl (C=O) groups excluding carboxylic acids is 1. The van der Waals surface area contributed by atoms with Crippen molar-refractivity contribution >= 4 is 35.0 Å². The molecule has 0 radical (unpaired) electrons. The highest BCUT2D eigenvalue weighted by atomic mass is 35.5. The smallest absolute Gasteiger partial charge is 0.246 e. The van der Waals surface area contributed by atoms with Gasteiger partial charge in [0.2, 0.25) is 5.91 Å². The molecule has 0 spiro atoms. The fourth-order valence-corrected chi connectivity index (χ4v) is 4.08. The Morgan fingerprint density at radius 3 is 2.45 bits per heavy atom. The summed E-state index contributed by atoms with van der Waals surface area (Å²) < 4.78 is 0. The summed E-state index contributed by atoms with van der Waals surface area (Å²) in [6.45, 7) is 0. The zero-order valence-corrected chi connectivity index (χ0v) is 12.6. The highest BCUT2D eigenvalue weighted by molar-refractivity contribution is 7.99. The third-order valence-corrected chi connectivity index (χ3v) is 5.43. The molecule has 1 aliphatic rings. The number of amides is 1. The van der Waals surface area contributed by atoms with Crippen molar-refractivity contribution in [3.63, 3.8) is 0 Å². The molecule has 1 aliphatic heterocycles. The third kappa shape index (κ3) is 2.32. The van der Waals surface area contributed by atoms with E-state index in [-0.39, 0.29) is 11.2 Å². The molecule has 2 nitrogen and oxygen atoms in total. The van der Waals surface area contributed by atoms with Crippen LogP contribution in [-0.4, -0.2) is 18.3 Å². The van der Waals surface area contributed by atoms with E-state index in [1.165, 1.54) is 0 Å². The van der Waals surface area contributed by atoms with Gasteiger partial charge in [-0.25, -0.2) is 0 Å². The number of rotatable bonds is 1. The molecule has 2 atom stereocenters. The van der Waals surface area contributed by atoms with E-state index in [1.807, 2.05) is 54.6 Å². The lowest BCUT2D eigenvalue weighted by Crippen LogP contribution is -2.34. The van der Waals surface area contributed by atoms with Gasteiger partial charge in [0.05, 0.1) is 10.9 Å². The summed E-state index contributed by atoms with van der Waals surface area (Å²) in [4.78, 5) is 15.2. The van der Waals surface area contributed by atoms with Crippen LogP contribution >= 0.6 is 23.4 Å². The molecule has 0 fully saturated rings. The zero-order valence-electron chi connectivity index (χ0n) is 11.0. The van der Waals surface area contributed by atoms with Gasteiger partial charge in [-0.05, 0) is 17.7 Å². The molecule has 20 heavy (non-hydrogen) atoms. The molecular weight excluding hydrogens is 290 g/mol. The SMILES string of the molecule is CN1C(=O)C(Cl)C(c2ccccc2)Sc2ccccc21. The second kappa shape index (κ2) is 5.51.